The number of aliphatic hydroxyl groups excluding tert-OH is 1. The van der Waals surface area contributed by atoms with Crippen molar-refractivity contribution in [1.82, 2.24) is 9.80 Å². The van der Waals surface area contributed by atoms with Gasteiger partial charge in [-0.25, -0.2) is 9.59 Å². The SMILES string of the molecule is CCC1CCCC(C(O)[C@@H](N)Cc2ccccc2)N1C(=O)OC(C)(C)C.CCC1CCCCN1C(=O)OC(C)(C)C. The molecule has 0 aliphatic carbocycles. The number of ether oxygens (including phenoxy) is 2. The van der Waals surface area contributed by atoms with Crippen LogP contribution in [0.3, 0.4) is 0 Å². The second kappa shape index (κ2) is 15.8. The van der Waals surface area contributed by atoms with Gasteiger partial charge in [-0.15, -0.1) is 0 Å². The van der Waals surface area contributed by atoms with Gasteiger partial charge in [0, 0.05) is 24.7 Å². The summed E-state index contributed by atoms with van der Waals surface area (Å²) in [7, 11) is 0. The highest BCUT2D eigenvalue weighted by atomic mass is 16.6. The molecule has 0 bridgehead atoms. The zero-order valence-electron chi connectivity index (χ0n) is 26.9. The smallest absolute Gasteiger partial charge is 0.410 e. The lowest BCUT2D eigenvalue weighted by atomic mass is 9.87. The fourth-order valence-electron chi connectivity index (χ4n) is 5.73. The van der Waals surface area contributed by atoms with Gasteiger partial charge in [-0.2, -0.15) is 0 Å². The van der Waals surface area contributed by atoms with Gasteiger partial charge in [0.1, 0.15) is 11.2 Å². The average Bonchev–Trinajstić information content (AvgIpc) is 2.91. The van der Waals surface area contributed by atoms with Crippen LogP contribution in [0, 0.1) is 0 Å². The molecule has 2 saturated heterocycles. The summed E-state index contributed by atoms with van der Waals surface area (Å²) in [6.45, 7) is 16.4. The summed E-state index contributed by atoms with van der Waals surface area (Å²) >= 11 is 0. The van der Waals surface area contributed by atoms with Crippen LogP contribution < -0.4 is 5.73 Å². The molecule has 8 nitrogen and oxygen atoms in total. The van der Waals surface area contributed by atoms with Crippen molar-refractivity contribution < 1.29 is 24.2 Å². The Morgan fingerprint density at radius 3 is 2.00 bits per heavy atom. The molecule has 1 aromatic rings. The number of piperidine rings is 2. The molecule has 234 valence electrons. The molecule has 2 heterocycles. The quantitative estimate of drug-likeness (QED) is 0.392. The predicted octanol–water partition coefficient (Wildman–Crippen LogP) is 6.67. The highest BCUT2D eigenvalue weighted by molar-refractivity contribution is 5.69. The van der Waals surface area contributed by atoms with Crippen LogP contribution in [0.4, 0.5) is 9.59 Å². The normalized spacial score (nSPS) is 23.1. The minimum atomic E-state index is -0.780. The molecule has 2 aliphatic heterocycles. The van der Waals surface area contributed by atoms with Gasteiger partial charge >= 0.3 is 12.2 Å². The lowest BCUT2D eigenvalue weighted by Crippen LogP contribution is -2.59. The number of nitrogens with two attached hydrogens (primary N) is 1. The van der Waals surface area contributed by atoms with Crippen LogP contribution in [-0.2, 0) is 15.9 Å². The Morgan fingerprint density at radius 1 is 0.878 bits per heavy atom. The number of hydrogen-bond donors (Lipinski definition) is 2. The molecule has 41 heavy (non-hydrogen) atoms. The summed E-state index contributed by atoms with van der Waals surface area (Å²) in [5, 5.41) is 11.0. The highest BCUT2D eigenvalue weighted by Gasteiger charge is 2.41. The maximum Gasteiger partial charge on any atom is 0.410 e. The number of likely N-dealkylation sites (tertiary alicyclic amines) is 2. The first-order chi connectivity index (χ1) is 19.2. The Morgan fingerprint density at radius 2 is 1.44 bits per heavy atom. The molecule has 5 atom stereocenters. The van der Waals surface area contributed by atoms with Crippen LogP contribution in [0.15, 0.2) is 30.3 Å². The van der Waals surface area contributed by atoms with Crippen LogP contribution in [0.25, 0.3) is 0 Å². The van der Waals surface area contributed by atoms with E-state index in [1.165, 1.54) is 6.42 Å². The van der Waals surface area contributed by atoms with E-state index in [-0.39, 0.29) is 29.9 Å². The van der Waals surface area contributed by atoms with Crippen molar-refractivity contribution in [3.63, 3.8) is 0 Å². The van der Waals surface area contributed by atoms with Crippen LogP contribution in [0.1, 0.15) is 112 Å². The predicted molar refractivity (Wildman–Crippen MR) is 165 cm³/mol. The van der Waals surface area contributed by atoms with Gasteiger partial charge in [0.05, 0.1) is 12.1 Å². The summed E-state index contributed by atoms with van der Waals surface area (Å²) in [4.78, 5) is 28.4. The Bertz CT molecular complexity index is 927. The molecule has 1 aromatic carbocycles. The zero-order valence-corrected chi connectivity index (χ0v) is 26.9. The number of rotatable bonds is 6. The third-order valence-electron chi connectivity index (χ3n) is 7.74. The number of aliphatic hydroxyl groups is 1. The first-order valence-electron chi connectivity index (χ1n) is 15.6. The molecular formula is C33H57N3O5. The largest absolute Gasteiger partial charge is 0.444 e. The van der Waals surface area contributed by atoms with Gasteiger partial charge < -0.3 is 25.2 Å². The number of hydrogen-bond acceptors (Lipinski definition) is 6. The summed E-state index contributed by atoms with van der Waals surface area (Å²) in [5.41, 5.74) is 6.47. The van der Waals surface area contributed by atoms with Gasteiger partial charge in [0.15, 0.2) is 0 Å². The van der Waals surface area contributed by atoms with E-state index in [2.05, 4.69) is 13.8 Å². The van der Waals surface area contributed by atoms with E-state index in [4.69, 9.17) is 15.2 Å². The van der Waals surface area contributed by atoms with E-state index in [1.54, 1.807) is 4.90 Å². The number of carbonyl (C=O) groups is 2. The van der Waals surface area contributed by atoms with E-state index in [0.717, 1.165) is 57.1 Å². The van der Waals surface area contributed by atoms with Crippen molar-refractivity contribution in [1.29, 1.82) is 0 Å². The molecule has 4 unspecified atom stereocenters. The van der Waals surface area contributed by atoms with E-state index in [0.29, 0.717) is 12.5 Å². The number of carbonyl (C=O) groups excluding carboxylic acids is 2. The maximum atomic E-state index is 12.8. The molecule has 0 radical (unpaired) electrons. The number of amides is 2. The summed E-state index contributed by atoms with van der Waals surface area (Å²) in [5.74, 6) is 0. The van der Waals surface area contributed by atoms with Crippen molar-refractivity contribution in [3.8, 4) is 0 Å². The van der Waals surface area contributed by atoms with Gasteiger partial charge in [-0.05, 0) is 105 Å². The summed E-state index contributed by atoms with van der Waals surface area (Å²) in [6.07, 6.45) is 7.31. The molecule has 8 heteroatoms. The molecule has 0 spiro atoms. The molecule has 2 amide bonds. The van der Waals surface area contributed by atoms with Crippen LogP contribution >= 0.6 is 0 Å². The Balaban J connectivity index is 0.000000333. The van der Waals surface area contributed by atoms with Crippen molar-refractivity contribution in [2.24, 2.45) is 5.73 Å². The first-order valence-corrected chi connectivity index (χ1v) is 15.6. The molecule has 0 aromatic heterocycles. The third-order valence-corrected chi connectivity index (χ3v) is 7.74. The summed E-state index contributed by atoms with van der Waals surface area (Å²) in [6, 6.07) is 9.65. The standard InChI is InChI=1S/C21H34N2O3.C12H23NO2/c1-5-16-12-9-13-18(23(16)20(25)26-21(2,3)4)19(24)17(22)14-15-10-7-6-8-11-15;1-5-10-8-6-7-9-13(10)11(14)15-12(2,3)4/h6-8,10-11,16-19,24H,5,9,12-14,22H2,1-4H3;10H,5-9H2,1-4H3/t16?,17-,18?,19?;/m0./s1. The van der Waals surface area contributed by atoms with E-state index in [9.17, 15) is 14.7 Å². The zero-order chi connectivity index (χ0) is 30.8. The molecule has 3 rings (SSSR count). The topological polar surface area (TPSA) is 105 Å². The van der Waals surface area contributed by atoms with Crippen molar-refractivity contribution >= 4 is 12.2 Å². The van der Waals surface area contributed by atoms with Gasteiger partial charge in [-0.3, -0.25) is 4.90 Å². The summed E-state index contributed by atoms with van der Waals surface area (Å²) < 4.78 is 11.0. The number of nitrogens with zero attached hydrogens (tertiary/aromatic N) is 2. The lowest BCUT2D eigenvalue weighted by Gasteiger charge is -2.45. The van der Waals surface area contributed by atoms with E-state index < -0.39 is 17.7 Å². The molecule has 2 fully saturated rings. The lowest BCUT2D eigenvalue weighted by molar-refractivity contribution is -0.0403. The van der Waals surface area contributed by atoms with Gasteiger partial charge in [-0.1, -0.05) is 44.2 Å². The highest BCUT2D eigenvalue weighted by Crippen LogP contribution is 2.30. The first kappa shape index (κ1) is 34.9. The fourth-order valence-corrected chi connectivity index (χ4v) is 5.73. The van der Waals surface area contributed by atoms with E-state index in [1.807, 2.05) is 76.8 Å². The molecular weight excluding hydrogens is 518 g/mol. The van der Waals surface area contributed by atoms with Crippen molar-refractivity contribution in [2.75, 3.05) is 6.54 Å². The monoisotopic (exact) mass is 575 g/mol. The minimum Gasteiger partial charge on any atom is -0.444 e. The van der Waals surface area contributed by atoms with Gasteiger partial charge in [0.2, 0.25) is 0 Å². The van der Waals surface area contributed by atoms with Crippen molar-refractivity contribution in [2.45, 2.75) is 155 Å². The van der Waals surface area contributed by atoms with Gasteiger partial charge in [0.25, 0.3) is 0 Å². The van der Waals surface area contributed by atoms with Crippen LogP contribution in [0.5, 0.6) is 0 Å². The second-order valence-corrected chi connectivity index (χ2v) is 13.5. The number of benzene rings is 1. The average molecular weight is 576 g/mol. The molecule has 2 aliphatic rings. The molecule has 0 saturated carbocycles. The van der Waals surface area contributed by atoms with E-state index >= 15 is 0 Å². The fraction of sp³-hybridized carbons (Fsp3) is 0.758. The van der Waals surface area contributed by atoms with Crippen molar-refractivity contribution in [3.05, 3.63) is 35.9 Å². The van der Waals surface area contributed by atoms with Crippen LogP contribution in [0.2, 0.25) is 0 Å². The van der Waals surface area contributed by atoms with Crippen LogP contribution in [-0.4, -0.2) is 75.1 Å². The minimum absolute atomic E-state index is 0.0853. The third kappa shape index (κ3) is 11.5. The Labute approximate surface area is 248 Å². The Kier molecular flexibility index (Phi) is 13.4. The molecule has 3 N–H and O–H groups in total. The maximum absolute atomic E-state index is 12.8. The second-order valence-electron chi connectivity index (χ2n) is 13.5. The Hall–Kier alpha value is -2.32.